The molecule has 19 heavy (non-hydrogen) atoms. The number of hydrogen-bond acceptors (Lipinski definition) is 4. The minimum atomic E-state index is 0.0353. The van der Waals surface area contributed by atoms with Crippen LogP contribution in [-0.2, 0) is 4.79 Å². The van der Waals surface area contributed by atoms with Crippen molar-refractivity contribution in [3.05, 3.63) is 44.8 Å². The number of hydrogen-bond donors (Lipinski definition) is 2. The normalized spacial score (nSPS) is 11.2. The van der Waals surface area contributed by atoms with Crippen molar-refractivity contribution in [2.75, 3.05) is 6.54 Å². The molecule has 2 N–H and O–H groups in total. The minimum Gasteiger partial charge on any atom is -0.353 e. The first kappa shape index (κ1) is 14.2. The summed E-state index contributed by atoms with van der Waals surface area (Å²) in [7, 11) is 0. The molecule has 3 nitrogen and oxygen atoms in total. The van der Waals surface area contributed by atoms with E-state index in [0.29, 0.717) is 6.54 Å². The molecule has 2 aromatic heterocycles. The highest BCUT2D eigenvalue weighted by molar-refractivity contribution is 7.11. The minimum absolute atomic E-state index is 0.0353. The fourth-order valence-corrected chi connectivity index (χ4v) is 3.53. The third-order valence-corrected chi connectivity index (χ3v) is 4.45. The van der Waals surface area contributed by atoms with E-state index < -0.39 is 0 Å². The monoisotopic (exact) mass is 294 g/mol. The van der Waals surface area contributed by atoms with Gasteiger partial charge in [-0.25, -0.2) is 0 Å². The van der Waals surface area contributed by atoms with Crippen molar-refractivity contribution in [1.82, 2.24) is 10.6 Å². The van der Waals surface area contributed by atoms with Gasteiger partial charge in [-0.3, -0.25) is 10.1 Å². The Morgan fingerprint density at radius 3 is 2.16 bits per heavy atom. The van der Waals surface area contributed by atoms with E-state index in [9.17, 15) is 4.79 Å². The number of rotatable bonds is 6. The summed E-state index contributed by atoms with van der Waals surface area (Å²) in [4.78, 5) is 14.2. The summed E-state index contributed by atoms with van der Waals surface area (Å²) in [6.07, 6.45) is 0. The zero-order valence-electron chi connectivity index (χ0n) is 11.1. The lowest BCUT2D eigenvalue weighted by Crippen LogP contribution is -2.38. The first-order valence-electron chi connectivity index (χ1n) is 6.26. The summed E-state index contributed by atoms with van der Waals surface area (Å²) < 4.78 is 0. The lowest BCUT2D eigenvalue weighted by atomic mass is 10.2. The van der Waals surface area contributed by atoms with E-state index in [1.54, 1.807) is 22.7 Å². The Hall–Kier alpha value is -1.17. The van der Waals surface area contributed by atoms with Crippen LogP contribution in [0.5, 0.6) is 0 Å². The molecule has 0 aliphatic carbocycles. The molecule has 102 valence electrons. The van der Waals surface area contributed by atoms with Crippen LogP contribution >= 0.6 is 22.7 Å². The van der Waals surface area contributed by atoms with Gasteiger partial charge in [0.05, 0.1) is 12.6 Å². The highest BCUT2D eigenvalue weighted by atomic mass is 32.1. The van der Waals surface area contributed by atoms with Crippen LogP contribution in [0.3, 0.4) is 0 Å². The van der Waals surface area contributed by atoms with E-state index in [1.165, 1.54) is 9.75 Å². The Labute approximate surface area is 121 Å². The molecule has 2 heterocycles. The zero-order valence-corrected chi connectivity index (χ0v) is 12.7. The number of nitrogens with one attached hydrogen (secondary N) is 2. The molecular weight excluding hydrogens is 276 g/mol. The van der Waals surface area contributed by atoms with E-state index in [4.69, 9.17) is 0 Å². The topological polar surface area (TPSA) is 41.1 Å². The Bertz CT molecular complexity index is 457. The van der Waals surface area contributed by atoms with Gasteiger partial charge in [-0.2, -0.15) is 0 Å². The van der Waals surface area contributed by atoms with E-state index in [0.717, 1.165) is 0 Å². The molecule has 1 amide bonds. The van der Waals surface area contributed by atoms with E-state index in [-0.39, 0.29) is 18.0 Å². The van der Waals surface area contributed by atoms with Gasteiger partial charge in [0.15, 0.2) is 0 Å². The third kappa shape index (κ3) is 4.16. The van der Waals surface area contributed by atoms with Gasteiger partial charge in [0.2, 0.25) is 5.91 Å². The summed E-state index contributed by atoms with van der Waals surface area (Å²) in [5.41, 5.74) is 0. The highest BCUT2D eigenvalue weighted by Crippen LogP contribution is 2.28. The second-order valence-electron chi connectivity index (χ2n) is 4.57. The summed E-state index contributed by atoms with van der Waals surface area (Å²) >= 11 is 3.41. The van der Waals surface area contributed by atoms with Crippen molar-refractivity contribution >= 4 is 28.6 Å². The molecule has 2 rings (SSSR count). The number of carbonyl (C=O) groups is 1. The molecule has 5 heteroatoms. The van der Waals surface area contributed by atoms with Crippen molar-refractivity contribution in [1.29, 1.82) is 0 Å². The maximum atomic E-state index is 11.7. The SMILES string of the molecule is CC(C)NC(=O)CNC(c1cccs1)c1cccs1. The summed E-state index contributed by atoms with van der Waals surface area (Å²) in [6.45, 7) is 4.26. The molecule has 0 radical (unpaired) electrons. The van der Waals surface area contributed by atoms with Crippen molar-refractivity contribution in [2.45, 2.75) is 25.9 Å². The molecule has 0 aliphatic rings. The fraction of sp³-hybridized carbons (Fsp3) is 0.357. The summed E-state index contributed by atoms with van der Waals surface area (Å²) in [5.74, 6) is 0.0353. The third-order valence-electron chi connectivity index (χ3n) is 2.57. The van der Waals surface area contributed by atoms with Crippen LogP contribution < -0.4 is 10.6 Å². The van der Waals surface area contributed by atoms with Crippen LogP contribution in [0, 0.1) is 0 Å². The molecule has 0 fully saturated rings. The standard InChI is InChI=1S/C14H18N2OS2/c1-10(2)16-13(17)9-15-14(11-5-3-7-18-11)12-6-4-8-19-12/h3-8,10,14-15H,9H2,1-2H3,(H,16,17). The van der Waals surface area contributed by atoms with Crippen molar-refractivity contribution in [3.8, 4) is 0 Å². The van der Waals surface area contributed by atoms with Crippen LogP contribution in [0.1, 0.15) is 29.6 Å². The van der Waals surface area contributed by atoms with E-state index in [2.05, 4.69) is 33.5 Å². The Morgan fingerprint density at radius 2 is 1.74 bits per heavy atom. The van der Waals surface area contributed by atoms with E-state index >= 15 is 0 Å². The summed E-state index contributed by atoms with van der Waals surface area (Å²) in [6, 6.07) is 8.56. The Kier molecular flexibility index (Phi) is 5.13. The van der Waals surface area contributed by atoms with E-state index in [1.807, 2.05) is 26.0 Å². The molecule has 2 aromatic rings. The number of carbonyl (C=O) groups excluding carboxylic acids is 1. The smallest absolute Gasteiger partial charge is 0.234 e. The Morgan fingerprint density at radius 1 is 1.16 bits per heavy atom. The van der Waals surface area contributed by atoms with Crippen LogP contribution in [0.15, 0.2) is 35.0 Å². The molecule has 0 saturated carbocycles. The van der Waals surface area contributed by atoms with Crippen LogP contribution in [0.2, 0.25) is 0 Å². The predicted molar refractivity (Wildman–Crippen MR) is 81.8 cm³/mol. The molecule has 0 unspecified atom stereocenters. The zero-order chi connectivity index (χ0) is 13.7. The summed E-state index contributed by atoms with van der Waals surface area (Å²) in [5, 5.41) is 10.4. The first-order valence-corrected chi connectivity index (χ1v) is 8.02. The maximum Gasteiger partial charge on any atom is 0.234 e. The van der Waals surface area contributed by atoms with Gasteiger partial charge in [-0.15, -0.1) is 22.7 Å². The number of amides is 1. The molecular formula is C14H18N2OS2. The van der Waals surface area contributed by atoms with Gasteiger partial charge >= 0.3 is 0 Å². The van der Waals surface area contributed by atoms with Crippen molar-refractivity contribution in [2.24, 2.45) is 0 Å². The van der Waals surface area contributed by atoms with Gasteiger partial charge in [0.1, 0.15) is 0 Å². The van der Waals surface area contributed by atoms with Crippen LogP contribution in [0.4, 0.5) is 0 Å². The second kappa shape index (κ2) is 6.84. The molecule has 0 aliphatic heterocycles. The molecule has 0 saturated heterocycles. The highest BCUT2D eigenvalue weighted by Gasteiger charge is 2.17. The van der Waals surface area contributed by atoms with Gasteiger partial charge in [-0.05, 0) is 36.7 Å². The molecule has 0 spiro atoms. The van der Waals surface area contributed by atoms with Gasteiger partial charge < -0.3 is 5.32 Å². The largest absolute Gasteiger partial charge is 0.353 e. The van der Waals surface area contributed by atoms with Gasteiger partial charge in [0, 0.05) is 15.8 Å². The molecule has 0 bridgehead atoms. The second-order valence-corrected chi connectivity index (χ2v) is 6.53. The van der Waals surface area contributed by atoms with Crippen LogP contribution in [0.25, 0.3) is 0 Å². The lowest BCUT2D eigenvalue weighted by Gasteiger charge is -2.16. The fourth-order valence-electron chi connectivity index (χ4n) is 1.82. The van der Waals surface area contributed by atoms with Crippen molar-refractivity contribution < 1.29 is 4.79 Å². The van der Waals surface area contributed by atoms with Crippen LogP contribution in [-0.4, -0.2) is 18.5 Å². The molecule has 0 atom stereocenters. The van der Waals surface area contributed by atoms with Crippen molar-refractivity contribution in [3.63, 3.8) is 0 Å². The predicted octanol–water partition coefficient (Wildman–Crippen LogP) is 3.01. The first-order chi connectivity index (χ1) is 9.16. The quantitative estimate of drug-likeness (QED) is 0.860. The Balaban J connectivity index is 2.02. The van der Waals surface area contributed by atoms with Gasteiger partial charge in [0.25, 0.3) is 0 Å². The molecule has 0 aromatic carbocycles. The average molecular weight is 294 g/mol. The van der Waals surface area contributed by atoms with Gasteiger partial charge in [-0.1, -0.05) is 12.1 Å². The maximum absolute atomic E-state index is 11.7. The number of thiophene rings is 2. The average Bonchev–Trinajstić information content (AvgIpc) is 3.00. The lowest BCUT2D eigenvalue weighted by molar-refractivity contribution is -0.120.